The van der Waals surface area contributed by atoms with Crippen molar-refractivity contribution in [2.45, 2.75) is 31.7 Å². The van der Waals surface area contributed by atoms with Crippen LogP contribution in [-0.4, -0.2) is 59.9 Å². The van der Waals surface area contributed by atoms with E-state index in [9.17, 15) is 9.59 Å². The Balaban J connectivity index is 0.00000192. The molecule has 1 atom stereocenters. The monoisotopic (exact) mass is 357 g/mol. The average molecular weight is 358 g/mol. The lowest BCUT2D eigenvalue weighted by Crippen LogP contribution is -2.61. The van der Waals surface area contributed by atoms with E-state index in [4.69, 9.17) is 0 Å². The molecule has 2 saturated heterocycles. The summed E-state index contributed by atoms with van der Waals surface area (Å²) in [5.41, 5.74) is 0.336. The van der Waals surface area contributed by atoms with Crippen molar-refractivity contribution in [3.63, 3.8) is 0 Å². The van der Waals surface area contributed by atoms with Gasteiger partial charge in [-0.15, -0.1) is 12.4 Å². The van der Waals surface area contributed by atoms with Crippen LogP contribution < -0.4 is 5.32 Å². The van der Waals surface area contributed by atoms with Crippen molar-refractivity contribution in [2.24, 2.45) is 0 Å². The van der Waals surface area contributed by atoms with E-state index in [0.29, 0.717) is 26.2 Å². The number of piperidine rings is 1. The zero-order chi connectivity index (χ0) is 15.6. The summed E-state index contributed by atoms with van der Waals surface area (Å²) in [6.07, 6.45) is 3.15. The summed E-state index contributed by atoms with van der Waals surface area (Å²) in [5.74, 6) is 0.269. The zero-order valence-electron chi connectivity index (χ0n) is 13.4. The summed E-state index contributed by atoms with van der Waals surface area (Å²) in [6.45, 7) is 5.43. The number of piperazine rings is 1. The van der Waals surface area contributed by atoms with Gasteiger partial charge in [0.15, 0.2) is 0 Å². The third-order valence-electron chi connectivity index (χ3n) is 4.71. The molecule has 0 aromatic carbocycles. The van der Waals surface area contributed by atoms with Gasteiger partial charge in [-0.05, 0) is 44.2 Å². The quantitative estimate of drug-likeness (QED) is 0.880. The standard InChI is InChI=1S/C16H23N3O2S.ClH/c1-16(5-2-3-6-17-16)15(21)19-9-7-18(8-10-19)14(20)13-4-11-22-12-13;/h4,11-12,17H,2-3,5-10H2,1H3;1H. The van der Waals surface area contributed by atoms with Gasteiger partial charge in [-0.25, -0.2) is 0 Å². The molecule has 1 unspecified atom stereocenters. The smallest absolute Gasteiger partial charge is 0.254 e. The highest BCUT2D eigenvalue weighted by molar-refractivity contribution is 7.08. The highest BCUT2D eigenvalue weighted by Gasteiger charge is 2.38. The maximum Gasteiger partial charge on any atom is 0.254 e. The molecule has 2 aliphatic rings. The lowest BCUT2D eigenvalue weighted by Gasteiger charge is -2.41. The van der Waals surface area contributed by atoms with Gasteiger partial charge in [-0.2, -0.15) is 11.3 Å². The van der Waals surface area contributed by atoms with Gasteiger partial charge in [0, 0.05) is 31.6 Å². The van der Waals surface area contributed by atoms with Gasteiger partial charge in [0.1, 0.15) is 0 Å². The van der Waals surface area contributed by atoms with Crippen molar-refractivity contribution in [1.29, 1.82) is 0 Å². The van der Waals surface area contributed by atoms with Gasteiger partial charge in [-0.3, -0.25) is 9.59 Å². The lowest BCUT2D eigenvalue weighted by molar-refractivity contribution is -0.140. The van der Waals surface area contributed by atoms with Gasteiger partial charge in [-0.1, -0.05) is 0 Å². The van der Waals surface area contributed by atoms with Crippen molar-refractivity contribution in [1.82, 2.24) is 15.1 Å². The van der Waals surface area contributed by atoms with Gasteiger partial charge < -0.3 is 15.1 Å². The number of nitrogens with zero attached hydrogens (tertiary/aromatic N) is 2. The van der Waals surface area contributed by atoms with Crippen molar-refractivity contribution in [3.05, 3.63) is 22.4 Å². The Morgan fingerprint density at radius 3 is 2.43 bits per heavy atom. The molecule has 1 N–H and O–H groups in total. The summed E-state index contributed by atoms with van der Waals surface area (Å²) in [7, 11) is 0. The van der Waals surface area contributed by atoms with Gasteiger partial charge >= 0.3 is 0 Å². The molecule has 5 nitrogen and oxygen atoms in total. The number of carbonyl (C=O) groups excluding carboxylic acids is 2. The minimum atomic E-state index is -0.419. The Labute approximate surface area is 147 Å². The third-order valence-corrected chi connectivity index (χ3v) is 5.40. The Hall–Kier alpha value is -1.11. The Kier molecular flexibility index (Phi) is 6.06. The summed E-state index contributed by atoms with van der Waals surface area (Å²) in [6, 6.07) is 1.86. The van der Waals surface area contributed by atoms with Crippen molar-refractivity contribution >= 4 is 35.6 Å². The first-order valence-electron chi connectivity index (χ1n) is 7.96. The summed E-state index contributed by atoms with van der Waals surface area (Å²) in [4.78, 5) is 28.8. The molecule has 3 heterocycles. The predicted molar refractivity (Wildman–Crippen MR) is 94.3 cm³/mol. The van der Waals surface area contributed by atoms with Crippen LogP contribution >= 0.6 is 23.7 Å². The van der Waals surface area contributed by atoms with Gasteiger partial charge in [0.2, 0.25) is 5.91 Å². The number of hydrogen-bond donors (Lipinski definition) is 1. The number of thiophene rings is 1. The largest absolute Gasteiger partial charge is 0.338 e. The molecule has 0 saturated carbocycles. The van der Waals surface area contributed by atoms with Crippen LogP contribution in [0.25, 0.3) is 0 Å². The highest BCUT2D eigenvalue weighted by Crippen LogP contribution is 2.22. The van der Waals surface area contributed by atoms with E-state index in [-0.39, 0.29) is 24.2 Å². The van der Waals surface area contributed by atoms with E-state index < -0.39 is 5.54 Å². The fourth-order valence-corrected chi connectivity index (χ4v) is 3.90. The van der Waals surface area contributed by atoms with E-state index >= 15 is 0 Å². The first kappa shape index (κ1) is 18.2. The first-order valence-corrected chi connectivity index (χ1v) is 8.90. The van der Waals surface area contributed by atoms with Crippen molar-refractivity contribution in [2.75, 3.05) is 32.7 Å². The number of halogens is 1. The lowest BCUT2D eigenvalue weighted by atomic mass is 9.89. The fourth-order valence-electron chi connectivity index (χ4n) is 3.27. The second-order valence-electron chi connectivity index (χ2n) is 6.31. The molecule has 1 aromatic rings. The normalized spacial score (nSPS) is 24.9. The maximum absolute atomic E-state index is 12.7. The van der Waals surface area contributed by atoms with E-state index in [1.807, 2.05) is 33.6 Å². The molecule has 23 heavy (non-hydrogen) atoms. The fraction of sp³-hybridized carbons (Fsp3) is 0.625. The average Bonchev–Trinajstić information content (AvgIpc) is 3.09. The molecule has 0 aliphatic carbocycles. The molecule has 128 valence electrons. The summed E-state index contributed by atoms with van der Waals surface area (Å²) in [5, 5.41) is 7.18. The van der Waals surface area contributed by atoms with Gasteiger partial charge in [0.25, 0.3) is 5.91 Å². The molecule has 2 fully saturated rings. The Morgan fingerprint density at radius 1 is 1.17 bits per heavy atom. The first-order chi connectivity index (χ1) is 10.6. The van der Waals surface area contributed by atoms with Crippen LogP contribution in [0.3, 0.4) is 0 Å². The Bertz CT molecular complexity index is 536. The van der Waals surface area contributed by atoms with Crippen LogP contribution in [-0.2, 0) is 4.79 Å². The number of rotatable bonds is 2. The SMILES string of the molecule is CC1(C(=O)N2CCN(C(=O)c3ccsc3)CC2)CCCCN1.Cl. The van der Waals surface area contributed by atoms with Gasteiger partial charge in [0.05, 0.1) is 11.1 Å². The molecular formula is C16H24ClN3O2S. The molecule has 0 bridgehead atoms. The van der Waals surface area contributed by atoms with Crippen LogP contribution in [0.5, 0.6) is 0 Å². The maximum atomic E-state index is 12.7. The van der Waals surface area contributed by atoms with Crippen LogP contribution in [0, 0.1) is 0 Å². The van der Waals surface area contributed by atoms with E-state index in [1.54, 1.807) is 0 Å². The highest BCUT2D eigenvalue weighted by atomic mass is 35.5. The predicted octanol–water partition coefficient (Wildman–Crippen LogP) is 1.99. The van der Waals surface area contributed by atoms with E-state index in [1.165, 1.54) is 11.3 Å². The number of carbonyl (C=O) groups is 2. The summed E-state index contributed by atoms with van der Waals surface area (Å²) >= 11 is 1.54. The third kappa shape index (κ3) is 3.87. The second-order valence-corrected chi connectivity index (χ2v) is 7.09. The van der Waals surface area contributed by atoms with Crippen molar-refractivity contribution < 1.29 is 9.59 Å². The Morgan fingerprint density at radius 2 is 1.87 bits per heavy atom. The van der Waals surface area contributed by atoms with Crippen molar-refractivity contribution in [3.8, 4) is 0 Å². The molecule has 3 rings (SSSR count). The molecule has 2 aliphatic heterocycles. The van der Waals surface area contributed by atoms with E-state index in [2.05, 4.69) is 5.32 Å². The molecule has 0 spiro atoms. The second kappa shape index (κ2) is 7.64. The number of hydrogen-bond acceptors (Lipinski definition) is 4. The molecular weight excluding hydrogens is 334 g/mol. The molecule has 2 amide bonds. The molecule has 0 radical (unpaired) electrons. The molecule has 7 heteroatoms. The van der Waals surface area contributed by atoms with Crippen LogP contribution in [0.1, 0.15) is 36.5 Å². The van der Waals surface area contributed by atoms with Crippen LogP contribution in [0.4, 0.5) is 0 Å². The number of nitrogens with one attached hydrogen (secondary N) is 1. The molecule has 1 aromatic heterocycles. The summed E-state index contributed by atoms with van der Waals surface area (Å²) < 4.78 is 0. The zero-order valence-corrected chi connectivity index (χ0v) is 15.0. The van der Waals surface area contributed by atoms with Crippen LogP contribution in [0.2, 0.25) is 0 Å². The van der Waals surface area contributed by atoms with E-state index in [0.717, 1.165) is 31.4 Å². The minimum absolute atomic E-state index is 0. The number of amides is 2. The topological polar surface area (TPSA) is 52.7 Å². The minimum Gasteiger partial charge on any atom is -0.338 e. The van der Waals surface area contributed by atoms with Crippen LogP contribution in [0.15, 0.2) is 16.8 Å².